The van der Waals surface area contributed by atoms with Gasteiger partial charge < -0.3 is 30.7 Å². The number of aliphatic hydroxyl groups is 2. The van der Waals surface area contributed by atoms with Crippen LogP contribution in [0, 0.1) is 17.5 Å². The van der Waals surface area contributed by atoms with Crippen LogP contribution in [0.5, 0.6) is 5.75 Å². The largest absolute Gasteiger partial charge is 0.491 e. The van der Waals surface area contributed by atoms with Crippen LogP contribution >= 0.6 is 0 Å². The quantitative estimate of drug-likeness (QED) is 0.261. The number of aromatic nitrogens is 3. The van der Waals surface area contributed by atoms with Gasteiger partial charge in [0.1, 0.15) is 47.8 Å². The van der Waals surface area contributed by atoms with Gasteiger partial charge in [-0.3, -0.25) is 4.68 Å². The van der Waals surface area contributed by atoms with Crippen LogP contribution in [0.1, 0.15) is 36.6 Å². The fourth-order valence-corrected chi connectivity index (χ4v) is 4.12. The van der Waals surface area contributed by atoms with Gasteiger partial charge in [-0.15, -0.1) is 0 Å². The lowest BCUT2D eigenvalue weighted by atomic mass is 10.0. The van der Waals surface area contributed by atoms with Gasteiger partial charge in [-0.05, 0) is 25.0 Å². The lowest BCUT2D eigenvalue weighted by Crippen LogP contribution is -2.32. The van der Waals surface area contributed by atoms with Crippen LogP contribution in [0.15, 0.2) is 30.5 Å². The second-order valence-electron chi connectivity index (χ2n) is 8.59. The van der Waals surface area contributed by atoms with Crippen LogP contribution in [0.25, 0.3) is 11.3 Å². The number of alkyl halides is 1. The zero-order valence-corrected chi connectivity index (χ0v) is 19.9. The van der Waals surface area contributed by atoms with Crippen LogP contribution in [0.2, 0.25) is 0 Å². The molecule has 0 radical (unpaired) electrons. The van der Waals surface area contributed by atoms with Gasteiger partial charge in [0, 0.05) is 25.2 Å². The van der Waals surface area contributed by atoms with Gasteiger partial charge in [-0.25, -0.2) is 22.5 Å². The molecule has 3 heterocycles. The highest BCUT2D eigenvalue weighted by Gasteiger charge is 2.30. The molecule has 1 aliphatic heterocycles. The molecule has 0 amide bonds. The first-order valence-corrected chi connectivity index (χ1v) is 11.6. The predicted molar refractivity (Wildman–Crippen MR) is 125 cm³/mol. The van der Waals surface area contributed by atoms with Gasteiger partial charge in [-0.1, -0.05) is 0 Å². The molecule has 37 heavy (non-hydrogen) atoms. The molecule has 1 fully saturated rings. The van der Waals surface area contributed by atoms with E-state index in [-0.39, 0.29) is 31.3 Å². The molecule has 1 aliphatic rings. The van der Waals surface area contributed by atoms with E-state index in [0.717, 1.165) is 24.3 Å². The number of nitrogens with one attached hydrogen (secondary N) is 1. The monoisotopic (exact) mass is 525 g/mol. The fraction of sp³-hybridized carbons (Fsp3) is 0.417. The van der Waals surface area contributed by atoms with E-state index in [2.05, 4.69) is 15.4 Å². The first-order chi connectivity index (χ1) is 17.7. The predicted octanol–water partition coefficient (Wildman–Crippen LogP) is 2.89. The van der Waals surface area contributed by atoms with Gasteiger partial charge in [-0.2, -0.15) is 5.10 Å². The van der Waals surface area contributed by atoms with Gasteiger partial charge in [0.25, 0.3) is 0 Å². The Morgan fingerprint density at radius 1 is 1.22 bits per heavy atom. The van der Waals surface area contributed by atoms with Crippen LogP contribution in [0.3, 0.4) is 0 Å². The number of anilines is 1. The summed E-state index contributed by atoms with van der Waals surface area (Å²) in [5.41, 5.74) is 5.17. The van der Waals surface area contributed by atoms with Crippen molar-refractivity contribution >= 4 is 5.69 Å². The molecule has 1 aromatic carbocycles. The topological polar surface area (TPSA) is 128 Å². The summed E-state index contributed by atoms with van der Waals surface area (Å²) in [5, 5.41) is 26.6. The number of benzene rings is 1. The number of nitrogens with zero attached hydrogens (tertiary/aromatic N) is 3. The Morgan fingerprint density at radius 2 is 1.95 bits per heavy atom. The number of aryl methyl sites for hydroxylation is 1. The summed E-state index contributed by atoms with van der Waals surface area (Å²) < 4.78 is 70.2. The third-order valence-electron chi connectivity index (χ3n) is 6.03. The van der Waals surface area contributed by atoms with Crippen molar-refractivity contribution in [2.45, 2.75) is 37.4 Å². The van der Waals surface area contributed by atoms with Crippen molar-refractivity contribution in [3.63, 3.8) is 0 Å². The Kier molecular flexibility index (Phi) is 8.27. The molecule has 5 N–H and O–H groups in total. The highest BCUT2D eigenvalue weighted by Crippen LogP contribution is 2.35. The summed E-state index contributed by atoms with van der Waals surface area (Å²) in [7, 11) is 1.65. The van der Waals surface area contributed by atoms with Crippen molar-refractivity contribution in [2.75, 3.05) is 25.1 Å². The van der Waals surface area contributed by atoms with E-state index in [0.29, 0.717) is 24.2 Å². The maximum atomic E-state index is 14.7. The first-order valence-electron chi connectivity index (χ1n) is 11.6. The molecular formula is C24H27F4N5O4. The van der Waals surface area contributed by atoms with Crippen LogP contribution < -0.4 is 15.8 Å². The molecule has 0 saturated carbocycles. The van der Waals surface area contributed by atoms with Gasteiger partial charge >= 0.3 is 0 Å². The number of rotatable bonds is 8. The molecule has 0 aliphatic carbocycles. The molecule has 0 spiro atoms. The van der Waals surface area contributed by atoms with E-state index in [9.17, 15) is 22.7 Å². The van der Waals surface area contributed by atoms with Crippen molar-refractivity contribution in [2.24, 2.45) is 12.8 Å². The third kappa shape index (κ3) is 5.85. The summed E-state index contributed by atoms with van der Waals surface area (Å²) >= 11 is 0. The maximum absolute atomic E-state index is 14.7. The van der Waals surface area contributed by atoms with Crippen molar-refractivity contribution in [1.29, 1.82) is 0 Å². The van der Waals surface area contributed by atoms with Gasteiger partial charge in [0.15, 0.2) is 6.23 Å². The Morgan fingerprint density at radius 3 is 2.65 bits per heavy atom. The summed E-state index contributed by atoms with van der Waals surface area (Å²) in [6, 6.07) is 3.13. The van der Waals surface area contributed by atoms with Crippen molar-refractivity contribution in [3.8, 4) is 17.0 Å². The standard InChI is InChI=1S/C24H27F4N5O4/c1-33-23(20-5-3-17(29)16(28)11-37-20)19(10-30-33)32-24(35)18-4-2-13(25)22(31-18)21-14(26)8-12(9-15(21)27)36-7-6-34/h2,4,8-10,16-17,20,24,32,34-35H,3,5-7,11,29H2,1H3/t16-,17-,20+,24?/m1/s1. The number of pyridine rings is 1. The molecule has 1 saturated heterocycles. The number of hydrogen-bond acceptors (Lipinski definition) is 8. The summed E-state index contributed by atoms with van der Waals surface area (Å²) in [6.45, 7) is -0.728. The Labute approximate surface area is 209 Å². The zero-order valence-electron chi connectivity index (χ0n) is 19.9. The van der Waals surface area contributed by atoms with Crippen molar-refractivity contribution < 1.29 is 37.2 Å². The molecule has 1 unspecified atom stereocenters. The fourth-order valence-electron chi connectivity index (χ4n) is 4.12. The Balaban J connectivity index is 1.59. The zero-order chi connectivity index (χ0) is 26.7. The number of ether oxygens (including phenoxy) is 2. The minimum atomic E-state index is -1.53. The highest BCUT2D eigenvalue weighted by molar-refractivity contribution is 5.63. The summed E-state index contributed by atoms with van der Waals surface area (Å²) in [5.74, 6) is -3.47. The molecule has 9 nitrogen and oxygen atoms in total. The highest BCUT2D eigenvalue weighted by atomic mass is 19.1. The van der Waals surface area contributed by atoms with Crippen LogP contribution in [0.4, 0.5) is 23.2 Å². The maximum Gasteiger partial charge on any atom is 0.168 e. The molecule has 0 bridgehead atoms. The average Bonchev–Trinajstić information content (AvgIpc) is 3.13. The Hall–Kier alpha value is -3.26. The molecule has 4 atom stereocenters. The molecule has 200 valence electrons. The minimum absolute atomic E-state index is 0.127. The average molecular weight is 526 g/mol. The van der Waals surface area contributed by atoms with E-state index < -0.39 is 53.3 Å². The van der Waals surface area contributed by atoms with E-state index in [1.54, 1.807) is 7.05 Å². The molecular weight excluding hydrogens is 498 g/mol. The van der Waals surface area contributed by atoms with Gasteiger partial charge in [0.05, 0.1) is 42.0 Å². The van der Waals surface area contributed by atoms with E-state index in [1.165, 1.54) is 10.9 Å². The van der Waals surface area contributed by atoms with Gasteiger partial charge in [0.2, 0.25) is 0 Å². The molecule has 2 aromatic heterocycles. The summed E-state index contributed by atoms with van der Waals surface area (Å²) in [4.78, 5) is 3.96. The first kappa shape index (κ1) is 26.8. The third-order valence-corrected chi connectivity index (χ3v) is 6.03. The lowest BCUT2D eigenvalue weighted by molar-refractivity contribution is 0.0246. The number of aliphatic hydroxyl groups excluding tert-OH is 2. The minimum Gasteiger partial charge on any atom is -0.491 e. The number of hydrogen-bond donors (Lipinski definition) is 4. The second kappa shape index (κ2) is 11.4. The normalized spacial score (nSPS) is 20.9. The number of nitrogens with two attached hydrogens (primary N) is 1. The van der Waals surface area contributed by atoms with E-state index >= 15 is 0 Å². The SMILES string of the molecule is Cn1ncc(NC(O)c2ccc(F)c(-c3c(F)cc(OCCO)cc3F)n2)c1[C@@H]1CC[C@@H](N)[C@H](F)CO1. The second-order valence-corrected chi connectivity index (χ2v) is 8.59. The van der Waals surface area contributed by atoms with Crippen LogP contribution in [-0.2, 0) is 11.8 Å². The summed E-state index contributed by atoms with van der Waals surface area (Å²) in [6.07, 6.45) is -1.17. The Bertz CT molecular complexity index is 1210. The van der Waals surface area contributed by atoms with Crippen molar-refractivity contribution in [1.82, 2.24) is 14.8 Å². The van der Waals surface area contributed by atoms with Crippen LogP contribution in [-0.4, -0.2) is 57.0 Å². The van der Waals surface area contributed by atoms with E-state index in [1.807, 2.05) is 0 Å². The smallest absolute Gasteiger partial charge is 0.168 e. The van der Waals surface area contributed by atoms with E-state index in [4.69, 9.17) is 20.3 Å². The number of halogens is 4. The van der Waals surface area contributed by atoms with Crippen molar-refractivity contribution in [3.05, 3.63) is 59.3 Å². The molecule has 13 heteroatoms. The molecule has 3 aromatic rings. The molecule has 4 rings (SSSR count). The lowest BCUT2D eigenvalue weighted by Gasteiger charge is -2.20.